The van der Waals surface area contributed by atoms with Crippen LogP contribution in [0.15, 0.2) is 54.6 Å². The molecule has 0 saturated carbocycles. The van der Waals surface area contributed by atoms with Gasteiger partial charge in [0, 0.05) is 25.7 Å². The predicted molar refractivity (Wildman–Crippen MR) is 108 cm³/mol. The van der Waals surface area contributed by atoms with Gasteiger partial charge in [-0.1, -0.05) is 42.5 Å². The molecule has 27 heavy (non-hydrogen) atoms. The predicted octanol–water partition coefficient (Wildman–Crippen LogP) is 3.06. The second-order valence-electron chi connectivity index (χ2n) is 6.95. The van der Waals surface area contributed by atoms with Gasteiger partial charge in [0.25, 0.3) is 0 Å². The minimum atomic E-state index is -0.170. The van der Waals surface area contributed by atoms with Gasteiger partial charge in [-0.2, -0.15) is 0 Å². The number of aromatic nitrogens is 3. The van der Waals surface area contributed by atoms with E-state index in [1.165, 1.54) is 5.69 Å². The molecule has 4 rings (SSSR count). The highest BCUT2D eigenvalue weighted by molar-refractivity contribution is 5.70. The highest BCUT2D eigenvalue weighted by Gasteiger charge is 2.19. The van der Waals surface area contributed by atoms with Crippen molar-refractivity contribution in [1.82, 2.24) is 14.8 Å². The summed E-state index contributed by atoms with van der Waals surface area (Å²) in [5, 5.41) is 22.0. The number of nitrogens with zero attached hydrogens (tertiary/aromatic N) is 4. The molecule has 6 heteroatoms. The quantitative estimate of drug-likeness (QED) is 0.729. The standard InChI is InChI=1S/C21H25N5O/c1-25-20(23-24-21(25)16-7-3-2-4-8-16)15-22-18-9-5-6-10-19(18)26-13-11-17(27)12-14-26/h2-10,17,22,27H,11-15H2,1H3. The molecule has 1 fully saturated rings. The monoisotopic (exact) mass is 363 g/mol. The Morgan fingerprint density at radius 1 is 1.00 bits per heavy atom. The largest absolute Gasteiger partial charge is 0.393 e. The van der Waals surface area contributed by atoms with Crippen LogP contribution in [0, 0.1) is 0 Å². The van der Waals surface area contributed by atoms with Gasteiger partial charge < -0.3 is 19.9 Å². The third-order valence-corrected chi connectivity index (χ3v) is 5.14. The molecule has 3 aromatic rings. The Hall–Kier alpha value is -2.86. The summed E-state index contributed by atoms with van der Waals surface area (Å²) in [5.74, 6) is 1.75. The number of rotatable bonds is 5. The van der Waals surface area contributed by atoms with E-state index in [0.717, 1.165) is 48.8 Å². The number of aliphatic hydroxyl groups excluding tert-OH is 1. The summed E-state index contributed by atoms with van der Waals surface area (Å²) in [4.78, 5) is 2.33. The molecule has 1 saturated heterocycles. The molecule has 1 aliphatic rings. The molecule has 0 aliphatic carbocycles. The van der Waals surface area contributed by atoms with Crippen molar-refractivity contribution < 1.29 is 5.11 Å². The fraction of sp³-hybridized carbons (Fsp3) is 0.333. The lowest BCUT2D eigenvalue weighted by Crippen LogP contribution is -2.36. The van der Waals surface area contributed by atoms with Gasteiger partial charge in [-0.15, -0.1) is 10.2 Å². The molecular formula is C21H25N5O. The second-order valence-corrected chi connectivity index (χ2v) is 6.95. The van der Waals surface area contributed by atoms with Crippen LogP contribution in [0.4, 0.5) is 11.4 Å². The molecule has 1 aromatic heterocycles. The van der Waals surface area contributed by atoms with Crippen molar-refractivity contribution in [2.75, 3.05) is 23.3 Å². The second kappa shape index (κ2) is 7.80. The van der Waals surface area contributed by atoms with Crippen molar-refractivity contribution >= 4 is 11.4 Å². The highest BCUT2D eigenvalue weighted by atomic mass is 16.3. The third kappa shape index (κ3) is 3.80. The van der Waals surface area contributed by atoms with Gasteiger partial charge in [0.1, 0.15) is 0 Å². The number of aliphatic hydroxyl groups is 1. The van der Waals surface area contributed by atoms with E-state index in [0.29, 0.717) is 6.54 Å². The van der Waals surface area contributed by atoms with Crippen LogP contribution in [0.3, 0.4) is 0 Å². The van der Waals surface area contributed by atoms with Gasteiger partial charge in [0.15, 0.2) is 11.6 Å². The number of hydrogen-bond donors (Lipinski definition) is 2. The normalized spacial score (nSPS) is 15.1. The number of hydrogen-bond acceptors (Lipinski definition) is 5. The van der Waals surface area contributed by atoms with Crippen molar-refractivity contribution in [1.29, 1.82) is 0 Å². The minimum absolute atomic E-state index is 0.170. The maximum atomic E-state index is 9.76. The molecule has 0 unspecified atom stereocenters. The Labute approximate surface area is 159 Å². The molecule has 0 bridgehead atoms. The summed E-state index contributed by atoms with van der Waals surface area (Å²) >= 11 is 0. The molecule has 1 aliphatic heterocycles. The number of para-hydroxylation sites is 2. The van der Waals surface area contributed by atoms with E-state index in [2.05, 4.69) is 38.6 Å². The Balaban J connectivity index is 1.49. The lowest BCUT2D eigenvalue weighted by Gasteiger charge is -2.33. The van der Waals surface area contributed by atoms with Gasteiger partial charge in [-0.3, -0.25) is 0 Å². The van der Waals surface area contributed by atoms with Crippen molar-refractivity contribution in [3.63, 3.8) is 0 Å². The first-order valence-corrected chi connectivity index (χ1v) is 9.42. The number of anilines is 2. The Bertz CT molecular complexity index is 885. The molecule has 0 radical (unpaired) electrons. The van der Waals surface area contributed by atoms with Crippen LogP contribution < -0.4 is 10.2 Å². The van der Waals surface area contributed by atoms with E-state index in [-0.39, 0.29) is 6.10 Å². The SMILES string of the molecule is Cn1c(CNc2ccccc2N2CCC(O)CC2)nnc1-c1ccccc1. The van der Waals surface area contributed by atoms with Crippen LogP contribution in [0.1, 0.15) is 18.7 Å². The average Bonchev–Trinajstić information content (AvgIpc) is 3.08. The molecule has 140 valence electrons. The average molecular weight is 363 g/mol. The van der Waals surface area contributed by atoms with Crippen molar-refractivity contribution in [3.05, 3.63) is 60.4 Å². The molecule has 2 aromatic carbocycles. The first-order valence-electron chi connectivity index (χ1n) is 9.42. The van der Waals surface area contributed by atoms with Gasteiger partial charge in [0.2, 0.25) is 0 Å². The van der Waals surface area contributed by atoms with Crippen LogP contribution in [0.2, 0.25) is 0 Å². The molecular weight excluding hydrogens is 338 g/mol. The number of nitrogens with one attached hydrogen (secondary N) is 1. The van der Waals surface area contributed by atoms with Gasteiger partial charge >= 0.3 is 0 Å². The first-order chi connectivity index (χ1) is 13.2. The first kappa shape index (κ1) is 17.5. The van der Waals surface area contributed by atoms with Crippen LogP contribution in [-0.4, -0.2) is 39.1 Å². The van der Waals surface area contributed by atoms with Crippen molar-refractivity contribution in [3.8, 4) is 11.4 Å². The molecule has 0 amide bonds. The van der Waals surface area contributed by atoms with Crippen LogP contribution >= 0.6 is 0 Å². The van der Waals surface area contributed by atoms with Crippen LogP contribution in [0.5, 0.6) is 0 Å². The smallest absolute Gasteiger partial charge is 0.163 e. The maximum absolute atomic E-state index is 9.76. The highest BCUT2D eigenvalue weighted by Crippen LogP contribution is 2.28. The third-order valence-electron chi connectivity index (χ3n) is 5.14. The van der Waals surface area contributed by atoms with E-state index in [1.54, 1.807) is 0 Å². The Kier molecular flexibility index (Phi) is 5.07. The van der Waals surface area contributed by atoms with E-state index >= 15 is 0 Å². The minimum Gasteiger partial charge on any atom is -0.393 e. The summed E-state index contributed by atoms with van der Waals surface area (Å²) in [5.41, 5.74) is 3.32. The zero-order valence-electron chi connectivity index (χ0n) is 15.5. The molecule has 2 heterocycles. The summed E-state index contributed by atoms with van der Waals surface area (Å²) < 4.78 is 2.03. The van der Waals surface area contributed by atoms with Crippen molar-refractivity contribution in [2.45, 2.75) is 25.5 Å². The van der Waals surface area contributed by atoms with Crippen molar-refractivity contribution in [2.24, 2.45) is 7.05 Å². The van der Waals surface area contributed by atoms with E-state index < -0.39 is 0 Å². The topological polar surface area (TPSA) is 66.2 Å². The zero-order chi connectivity index (χ0) is 18.6. The van der Waals surface area contributed by atoms with Gasteiger partial charge in [-0.25, -0.2) is 0 Å². The van der Waals surface area contributed by atoms with E-state index in [1.807, 2.05) is 48.0 Å². The summed E-state index contributed by atoms with van der Waals surface area (Å²) in [6.07, 6.45) is 1.47. The fourth-order valence-corrected chi connectivity index (χ4v) is 3.53. The number of benzene rings is 2. The summed E-state index contributed by atoms with van der Waals surface area (Å²) in [7, 11) is 2.00. The van der Waals surface area contributed by atoms with Crippen LogP contribution in [-0.2, 0) is 13.6 Å². The molecule has 0 atom stereocenters. The number of piperidine rings is 1. The Morgan fingerprint density at radius 3 is 2.48 bits per heavy atom. The van der Waals surface area contributed by atoms with Crippen LogP contribution in [0.25, 0.3) is 11.4 Å². The molecule has 2 N–H and O–H groups in total. The lowest BCUT2D eigenvalue weighted by molar-refractivity contribution is 0.145. The van der Waals surface area contributed by atoms with E-state index in [4.69, 9.17) is 0 Å². The molecule has 6 nitrogen and oxygen atoms in total. The van der Waals surface area contributed by atoms with Gasteiger partial charge in [-0.05, 0) is 25.0 Å². The summed E-state index contributed by atoms with van der Waals surface area (Å²) in [6.45, 7) is 2.35. The maximum Gasteiger partial charge on any atom is 0.163 e. The van der Waals surface area contributed by atoms with Gasteiger partial charge in [0.05, 0.1) is 24.0 Å². The lowest BCUT2D eigenvalue weighted by atomic mass is 10.1. The molecule has 0 spiro atoms. The summed E-state index contributed by atoms with van der Waals surface area (Å²) in [6, 6.07) is 18.4. The zero-order valence-corrected chi connectivity index (χ0v) is 15.5. The van der Waals surface area contributed by atoms with E-state index in [9.17, 15) is 5.11 Å². The fourth-order valence-electron chi connectivity index (χ4n) is 3.53. The Morgan fingerprint density at radius 2 is 1.70 bits per heavy atom.